The van der Waals surface area contributed by atoms with Gasteiger partial charge in [0.2, 0.25) is 0 Å². The summed E-state index contributed by atoms with van der Waals surface area (Å²) >= 11 is 6.71. The zero-order chi connectivity index (χ0) is 16.5. The third-order valence-corrected chi connectivity index (χ3v) is 5.17. The van der Waals surface area contributed by atoms with Crippen LogP contribution in [0.4, 0.5) is 13.2 Å². The maximum absolute atomic E-state index is 13.2. The highest BCUT2D eigenvalue weighted by atomic mass is 79.9. The summed E-state index contributed by atoms with van der Waals surface area (Å²) < 4.78 is 41.0. The number of hydrogen-bond acceptors (Lipinski definition) is 2. The summed E-state index contributed by atoms with van der Waals surface area (Å²) in [4.78, 5) is 0. The molecule has 0 bridgehead atoms. The average molecular weight is 440 g/mol. The van der Waals surface area contributed by atoms with Gasteiger partial charge in [0, 0.05) is 15.4 Å². The molecule has 1 aromatic rings. The van der Waals surface area contributed by atoms with Crippen molar-refractivity contribution in [3.8, 4) is 0 Å². The van der Waals surface area contributed by atoms with E-state index in [1.807, 2.05) is 0 Å². The van der Waals surface area contributed by atoms with Crippen LogP contribution < -0.4 is 10.6 Å². The van der Waals surface area contributed by atoms with E-state index in [4.69, 9.17) is 0 Å². The fourth-order valence-corrected chi connectivity index (χ4v) is 3.60. The minimum Gasteiger partial charge on any atom is -0.298 e. The number of halogens is 5. The molecular weight excluding hydrogens is 425 g/mol. The second-order valence-electron chi connectivity index (χ2n) is 4.95. The molecule has 0 amide bonds. The first-order valence-electron chi connectivity index (χ1n) is 6.56. The third kappa shape index (κ3) is 3.32. The van der Waals surface area contributed by atoms with E-state index < -0.39 is 17.4 Å². The molecule has 0 atom stereocenters. The third-order valence-electron chi connectivity index (χ3n) is 3.77. The molecule has 22 heavy (non-hydrogen) atoms. The zero-order valence-corrected chi connectivity index (χ0v) is 15.2. The molecule has 7 heteroatoms. The molecule has 0 saturated heterocycles. The van der Waals surface area contributed by atoms with E-state index in [0.29, 0.717) is 16.5 Å². The van der Waals surface area contributed by atoms with Crippen LogP contribution in [0.25, 0.3) is 5.57 Å². The molecule has 1 aliphatic rings. The molecule has 2 rings (SSSR count). The van der Waals surface area contributed by atoms with Gasteiger partial charge in [0.05, 0.1) is 5.56 Å². The quantitative estimate of drug-likeness (QED) is 0.669. The Labute approximate surface area is 144 Å². The van der Waals surface area contributed by atoms with E-state index in [9.17, 15) is 13.2 Å². The Morgan fingerprint density at radius 1 is 1.14 bits per heavy atom. The average Bonchev–Trinajstić information content (AvgIpc) is 2.46. The summed E-state index contributed by atoms with van der Waals surface area (Å²) in [6.07, 6.45) is -0.351. The molecule has 0 fully saturated rings. The number of benzene rings is 1. The normalized spacial score (nSPS) is 18.0. The van der Waals surface area contributed by atoms with Crippen molar-refractivity contribution in [1.82, 2.24) is 10.6 Å². The van der Waals surface area contributed by atoms with Crippen molar-refractivity contribution in [2.75, 3.05) is 14.1 Å². The van der Waals surface area contributed by atoms with Crippen molar-refractivity contribution in [2.24, 2.45) is 0 Å². The Balaban J connectivity index is 2.51. The van der Waals surface area contributed by atoms with Crippen LogP contribution in [0.2, 0.25) is 0 Å². The first-order valence-corrected chi connectivity index (χ1v) is 8.15. The first kappa shape index (κ1) is 17.7. The molecule has 1 aromatic carbocycles. The maximum atomic E-state index is 13.2. The molecule has 0 aliphatic heterocycles. The van der Waals surface area contributed by atoms with E-state index in [1.165, 1.54) is 12.1 Å². The van der Waals surface area contributed by atoms with Crippen LogP contribution in [0.1, 0.15) is 17.5 Å². The smallest absolute Gasteiger partial charge is 0.298 e. The lowest BCUT2D eigenvalue weighted by Crippen LogP contribution is -2.54. The van der Waals surface area contributed by atoms with Crippen LogP contribution in [0.5, 0.6) is 0 Å². The zero-order valence-electron chi connectivity index (χ0n) is 12.0. The van der Waals surface area contributed by atoms with Crippen LogP contribution in [0.15, 0.2) is 39.3 Å². The molecule has 0 saturated carbocycles. The monoisotopic (exact) mass is 438 g/mol. The van der Waals surface area contributed by atoms with Gasteiger partial charge >= 0.3 is 6.18 Å². The lowest BCUT2D eigenvalue weighted by atomic mass is 9.90. The van der Waals surface area contributed by atoms with E-state index in [-0.39, 0.29) is 5.56 Å². The van der Waals surface area contributed by atoms with Crippen LogP contribution in [-0.2, 0) is 6.18 Å². The Morgan fingerprint density at radius 3 is 2.27 bits per heavy atom. The Kier molecular flexibility index (Phi) is 5.21. The SMILES string of the molecule is CNC1(NC)CC=C(c2cc(Br)ccc2C(F)(F)F)C=C1Br. The minimum absolute atomic E-state index is 0.166. The molecule has 1 aliphatic carbocycles. The number of allylic oxidation sites excluding steroid dienone is 2. The van der Waals surface area contributed by atoms with Crippen LogP contribution in [0.3, 0.4) is 0 Å². The Hall–Kier alpha value is -0.630. The molecular formula is C15H15Br2F3N2. The van der Waals surface area contributed by atoms with Gasteiger partial charge < -0.3 is 0 Å². The minimum atomic E-state index is -4.39. The van der Waals surface area contributed by atoms with Gasteiger partial charge in [-0.15, -0.1) is 0 Å². The highest BCUT2D eigenvalue weighted by Gasteiger charge is 2.36. The van der Waals surface area contributed by atoms with Crippen molar-refractivity contribution >= 4 is 37.4 Å². The fraction of sp³-hybridized carbons (Fsp3) is 0.333. The summed E-state index contributed by atoms with van der Waals surface area (Å²) in [5, 5.41) is 6.29. The molecule has 0 spiro atoms. The Bertz CT molecular complexity index is 632. The number of hydrogen-bond donors (Lipinski definition) is 2. The number of likely N-dealkylation sites (N-methyl/N-ethyl adjacent to an activating group) is 2. The molecule has 120 valence electrons. The van der Waals surface area contributed by atoms with Gasteiger partial charge in [-0.1, -0.05) is 37.9 Å². The summed E-state index contributed by atoms with van der Waals surface area (Å²) in [5.74, 6) is 0. The second kappa shape index (κ2) is 6.47. The molecule has 2 N–H and O–H groups in total. The van der Waals surface area contributed by atoms with Crippen molar-refractivity contribution in [3.05, 3.63) is 50.4 Å². The number of nitrogens with one attached hydrogen (secondary N) is 2. The van der Waals surface area contributed by atoms with E-state index in [0.717, 1.165) is 10.5 Å². The summed E-state index contributed by atoms with van der Waals surface area (Å²) in [6, 6.07) is 4.00. The van der Waals surface area contributed by atoms with E-state index >= 15 is 0 Å². The van der Waals surface area contributed by atoms with Gasteiger partial charge in [-0.25, -0.2) is 0 Å². The number of rotatable bonds is 3. The fourth-order valence-electron chi connectivity index (χ4n) is 2.44. The topological polar surface area (TPSA) is 24.1 Å². The summed E-state index contributed by atoms with van der Waals surface area (Å²) in [5.41, 5.74) is -0.422. The lowest BCUT2D eigenvalue weighted by Gasteiger charge is -2.35. The summed E-state index contributed by atoms with van der Waals surface area (Å²) in [7, 11) is 3.59. The summed E-state index contributed by atoms with van der Waals surface area (Å²) in [6.45, 7) is 0. The molecule has 0 radical (unpaired) electrons. The predicted octanol–water partition coefficient (Wildman–Crippen LogP) is 4.67. The molecule has 0 aromatic heterocycles. The molecule has 2 nitrogen and oxygen atoms in total. The first-order chi connectivity index (χ1) is 10.2. The maximum Gasteiger partial charge on any atom is 0.417 e. The van der Waals surface area contributed by atoms with Crippen LogP contribution in [0, 0.1) is 0 Å². The van der Waals surface area contributed by atoms with Crippen molar-refractivity contribution in [3.63, 3.8) is 0 Å². The van der Waals surface area contributed by atoms with Gasteiger partial charge in [0.15, 0.2) is 0 Å². The highest BCUT2D eigenvalue weighted by molar-refractivity contribution is 9.11. The molecule has 0 unspecified atom stereocenters. The van der Waals surface area contributed by atoms with Crippen molar-refractivity contribution in [1.29, 1.82) is 0 Å². The van der Waals surface area contributed by atoms with E-state index in [1.54, 1.807) is 26.2 Å². The van der Waals surface area contributed by atoms with E-state index in [2.05, 4.69) is 42.5 Å². The van der Waals surface area contributed by atoms with Gasteiger partial charge in [-0.3, -0.25) is 10.6 Å². The second-order valence-corrected chi connectivity index (χ2v) is 6.72. The highest BCUT2D eigenvalue weighted by Crippen LogP contribution is 2.40. The van der Waals surface area contributed by atoms with Crippen LogP contribution >= 0.6 is 31.9 Å². The Morgan fingerprint density at radius 2 is 1.77 bits per heavy atom. The lowest BCUT2D eigenvalue weighted by molar-refractivity contribution is -0.137. The van der Waals surface area contributed by atoms with Gasteiger partial charge in [0.1, 0.15) is 5.66 Å². The van der Waals surface area contributed by atoms with Crippen LogP contribution in [-0.4, -0.2) is 19.8 Å². The van der Waals surface area contributed by atoms with Gasteiger partial charge in [-0.05, 0) is 49.5 Å². The number of alkyl halides is 3. The predicted molar refractivity (Wildman–Crippen MR) is 89.6 cm³/mol. The van der Waals surface area contributed by atoms with Crippen molar-refractivity contribution in [2.45, 2.75) is 18.3 Å². The molecule has 0 heterocycles. The standard InChI is InChI=1S/C15H15Br2F3N2/c1-21-14(22-2)6-5-9(7-13(14)17)11-8-10(16)3-4-12(11)15(18,19)20/h3-5,7-8,21-22H,6H2,1-2H3. The van der Waals surface area contributed by atoms with Gasteiger partial charge in [-0.2, -0.15) is 13.2 Å². The van der Waals surface area contributed by atoms with Gasteiger partial charge in [0.25, 0.3) is 0 Å². The largest absolute Gasteiger partial charge is 0.417 e. The van der Waals surface area contributed by atoms with Crippen molar-refractivity contribution < 1.29 is 13.2 Å².